The molecule has 6 heteroatoms. The van der Waals surface area contributed by atoms with Crippen LogP contribution in [0.1, 0.15) is 5.69 Å². The molecule has 0 saturated heterocycles. The summed E-state index contributed by atoms with van der Waals surface area (Å²) in [5.41, 5.74) is 2.94. The summed E-state index contributed by atoms with van der Waals surface area (Å²) >= 11 is 10.8. The van der Waals surface area contributed by atoms with Crippen LogP contribution in [0, 0.1) is 0 Å². The molecule has 0 radical (unpaired) electrons. The highest BCUT2D eigenvalue weighted by atomic mass is 79.9. The molecule has 2 aromatic rings. The van der Waals surface area contributed by atoms with Gasteiger partial charge in [0.05, 0.1) is 20.7 Å². The molecule has 3 nitrogen and oxygen atoms in total. The highest BCUT2D eigenvalue weighted by Gasteiger charge is 2.02. The van der Waals surface area contributed by atoms with Crippen LogP contribution >= 0.6 is 38.9 Å². The van der Waals surface area contributed by atoms with Crippen molar-refractivity contribution < 1.29 is 0 Å². The van der Waals surface area contributed by atoms with Crippen molar-refractivity contribution in [1.29, 1.82) is 0 Å². The Kier molecular flexibility index (Phi) is 4.15. The number of halogens is 2. The monoisotopic (exact) mass is 317 g/mol. The summed E-state index contributed by atoms with van der Waals surface area (Å²) in [4.78, 5) is 8.40. The number of rotatable bonds is 4. The van der Waals surface area contributed by atoms with E-state index in [-0.39, 0.29) is 0 Å². The zero-order valence-corrected chi connectivity index (χ0v) is 11.4. The van der Waals surface area contributed by atoms with Crippen LogP contribution in [0.4, 0.5) is 5.82 Å². The Labute approximate surface area is 111 Å². The number of hydrogen-bond donors (Lipinski definition) is 1. The van der Waals surface area contributed by atoms with Crippen LogP contribution in [0.25, 0.3) is 0 Å². The Morgan fingerprint density at radius 1 is 1.44 bits per heavy atom. The van der Waals surface area contributed by atoms with E-state index in [9.17, 15) is 0 Å². The summed E-state index contributed by atoms with van der Waals surface area (Å²) in [6.45, 7) is 0.803. The maximum absolute atomic E-state index is 5.80. The molecule has 0 unspecified atom stereocenters. The summed E-state index contributed by atoms with van der Waals surface area (Å²) < 4.78 is 0.873. The number of aromatic nitrogens is 2. The Morgan fingerprint density at radius 2 is 2.31 bits per heavy atom. The van der Waals surface area contributed by atoms with Crippen molar-refractivity contribution in [2.24, 2.45) is 0 Å². The van der Waals surface area contributed by atoms with Gasteiger partial charge >= 0.3 is 0 Å². The van der Waals surface area contributed by atoms with Crippen molar-refractivity contribution in [3.63, 3.8) is 0 Å². The Bertz CT molecular complexity index is 461. The molecule has 1 N–H and O–H groups in total. The number of thiazole rings is 1. The number of pyridine rings is 1. The first kappa shape index (κ1) is 11.8. The van der Waals surface area contributed by atoms with E-state index in [2.05, 4.69) is 31.2 Å². The third kappa shape index (κ3) is 3.17. The van der Waals surface area contributed by atoms with E-state index in [0.717, 1.165) is 29.0 Å². The molecule has 16 heavy (non-hydrogen) atoms. The van der Waals surface area contributed by atoms with Gasteiger partial charge in [-0.05, 0) is 22.0 Å². The van der Waals surface area contributed by atoms with Crippen molar-refractivity contribution in [3.8, 4) is 0 Å². The third-order valence-electron chi connectivity index (χ3n) is 1.96. The summed E-state index contributed by atoms with van der Waals surface area (Å²) in [5.74, 6) is 0.805. The van der Waals surface area contributed by atoms with Crippen LogP contribution in [0.15, 0.2) is 27.6 Å². The van der Waals surface area contributed by atoms with Crippen molar-refractivity contribution in [3.05, 3.63) is 38.3 Å². The fraction of sp³-hybridized carbons (Fsp3) is 0.200. The quantitative estimate of drug-likeness (QED) is 0.936. The molecule has 0 aromatic carbocycles. The lowest BCUT2D eigenvalue weighted by Crippen LogP contribution is -2.06. The highest BCUT2D eigenvalue weighted by molar-refractivity contribution is 9.10. The maximum Gasteiger partial charge on any atom is 0.140 e. The molecule has 0 atom stereocenters. The molecule has 2 heterocycles. The van der Waals surface area contributed by atoms with Crippen LogP contribution < -0.4 is 5.32 Å². The number of nitrogens with zero attached hydrogens (tertiary/aromatic N) is 2. The number of hydrogen-bond acceptors (Lipinski definition) is 4. The largest absolute Gasteiger partial charge is 0.369 e. The topological polar surface area (TPSA) is 37.8 Å². The first-order valence-corrected chi connectivity index (χ1v) is 6.79. The van der Waals surface area contributed by atoms with E-state index in [1.165, 1.54) is 0 Å². The summed E-state index contributed by atoms with van der Waals surface area (Å²) in [6, 6.07) is 1.82. The third-order valence-corrected chi connectivity index (χ3v) is 3.41. The zero-order valence-electron chi connectivity index (χ0n) is 8.28. The van der Waals surface area contributed by atoms with Crippen LogP contribution in [-0.2, 0) is 6.42 Å². The van der Waals surface area contributed by atoms with Gasteiger partial charge in [0.2, 0.25) is 0 Å². The molecular weight excluding hydrogens is 310 g/mol. The van der Waals surface area contributed by atoms with Gasteiger partial charge in [-0.3, -0.25) is 0 Å². The second-order valence-electron chi connectivity index (χ2n) is 3.14. The van der Waals surface area contributed by atoms with Gasteiger partial charge in [-0.25, -0.2) is 9.97 Å². The second kappa shape index (κ2) is 5.61. The summed E-state index contributed by atoms with van der Waals surface area (Å²) in [7, 11) is 0. The fourth-order valence-corrected chi connectivity index (χ4v) is 2.59. The molecule has 2 rings (SSSR count). The van der Waals surface area contributed by atoms with Gasteiger partial charge in [0.25, 0.3) is 0 Å². The maximum atomic E-state index is 5.80. The predicted molar refractivity (Wildman–Crippen MR) is 71.3 cm³/mol. The van der Waals surface area contributed by atoms with Gasteiger partial charge in [0.1, 0.15) is 5.82 Å². The van der Waals surface area contributed by atoms with Gasteiger partial charge in [-0.1, -0.05) is 11.6 Å². The molecule has 0 spiro atoms. The summed E-state index contributed by atoms with van der Waals surface area (Å²) in [6.07, 6.45) is 2.51. The lowest BCUT2D eigenvalue weighted by atomic mass is 10.3. The SMILES string of the molecule is Clc1cnc(NCCc2cscn2)c(Br)c1. The molecule has 0 amide bonds. The van der Waals surface area contributed by atoms with Gasteiger partial charge < -0.3 is 5.32 Å². The van der Waals surface area contributed by atoms with Gasteiger partial charge in [0, 0.05) is 24.5 Å². The van der Waals surface area contributed by atoms with E-state index in [0.29, 0.717) is 5.02 Å². The lowest BCUT2D eigenvalue weighted by molar-refractivity contribution is 0.967. The van der Waals surface area contributed by atoms with E-state index in [4.69, 9.17) is 11.6 Å². The van der Waals surface area contributed by atoms with Gasteiger partial charge in [0.15, 0.2) is 0 Å². The Hall–Kier alpha value is -0.650. The smallest absolute Gasteiger partial charge is 0.140 e. The van der Waals surface area contributed by atoms with E-state index < -0.39 is 0 Å². The van der Waals surface area contributed by atoms with E-state index >= 15 is 0 Å². The molecule has 0 aliphatic rings. The van der Waals surface area contributed by atoms with Crippen LogP contribution in [0.5, 0.6) is 0 Å². The van der Waals surface area contributed by atoms with E-state index in [1.807, 2.05) is 17.0 Å². The molecule has 84 valence electrons. The van der Waals surface area contributed by atoms with E-state index in [1.54, 1.807) is 17.5 Å². The standard InChI is InChI=1S/C10H9BrClN3S/c11-9-3-7(12)4-14-10(9)13-2-1-8-5-16-6-15-8/h3-6H,1-2H2,(H,13,14). The molecule has 0 aliphatic heterocycles. The first-order valence-electron chi connectivity index (χ1n) is 4.67. The van der Waals surface area contributed by atoms with Crippen molar-refractivity contribution >= 4 is 44.7 Å². The van der Waals surface area contributed by atoms with Crippen molar-refractivity contribution in [2.75, 3.05) is 11.9 Å². The average molecular weight is 319 g/mol. The second-order valence-corrected chi connectivity index (χ2v) is 5.15. The van der Waals surface area contributed by atoms with Gasteiger partial charge in [-0.2, -0.15) is 0 Å². The Morgan fingerprint density at radius 3 is 3.00 bits per heavy atom. The van der Waals surface area contributed by atoms with Crippen molar-refractivity contribution in [2.45, 2.75) is 6.42 Å². The Balaban J connectivity index is 1.90. The van der Waals surface area contributed by atoms with Crippen LogP contribution in [0.3, 0.4) is 0 Å². The normalized spacial score (nSPS) is 10.4. The molecule has 2 aromatic heterocycles. The molecule has 0 bridgehead atoms. The fourth-order valence-electron chi connectivity index (χ4n) is 1.21. The lowest BCUT2D eigenvalue weighted by Gasteiger charge is -2.06. The molecule has 0 saturated carbocycles. The number of anilines is 1. The predicted octanol–water partition coefficient (Wildman–Crippen LogP) is 3.61. The first-order chi connectivity index (χ1) is 7.75. The van der Waals surface area contributed by atoms with Crippen LogP contribution in [-0.4, -0.2) is 16.5 Å². The minimum atomic E-state index is 0.622. The zero-order chi connectivity index (χ0) is 11.4. The van der Waals surface area contributed by atoms with Crippen molar-refractivity contribution in [1.82, 2.24) is 9.97 Å². The number of nitrogens with one attached hydrogen (secondary N) is 1. The molecular formula is C10H9BrClN3S. The molecule has 0 aliphatic carbocycles. The van der Waals surface area contributed by atoms with Gasteiger partial charge in [-0.15, -0.1) is 11.3 Å². The highest BCUT2D eigenvalue weighted by Crippen LogP contribution is 2.22. The molecule has 0 fully saturated rings. The van der Waals surface area contributed by atoms with Crippen LogP contribution in [0.2, 0.25) is 5.02 Å². The average Bonchev–Trinajstić information content (AvgIpc) is 2.74. The minimum absolute atomic E-state index is 0.622. The summed E-state index contributed by atoms with van der Waals surface area (Å²) in [5, 5.41) is 5.90. The minimum Gasteiger partial charge on any atom is -0.369 e.